The number of benzene rings is 1. The van der Waals surface area contributed by atoms with Crippen molar-refractivity contribution >= 4 is 28.6 Å². The van der Waals surface area contributed by atoms with Crippen LogP contribution in [0.4, 0.5) is 17.5 Å². The molecule has 3 heterocycles. The number of likely N-dealkylation sites (tertiary alicyclic amines) is 1. The third-order valence-corrected chi connectivity index (χ3v) is 5.05. The van der Waals surface area contributed by atoms with Crippen LogP contribution in [0.15, 0.2) is 30.6 Å². The maximum atomic E-state index is 9.23. The predicted molar refractivity (Wildman–Crippen MR) is 112 cm³/mol. The number of imidazole rings is 1. The van der Waals surface area contributed by atoms with Crippen LogP contribution in [0.3, 0.4) is 0 Å². The first kappa shape index (κ1) is 19.7. The average Bonchev–Trinajstić information content (AvgIpc) is 3.20. The minimum absolute atomic E-state index is 0.120. The molecule has 10 heteroatoms. The van der Waals surface area contributed by atoms with Crippen LogP contribution in [-0.4, -0.2) is 57.8 Å². The minimum atomic E-state index is 0.120. The first-order valence-electron chi connectivity index (χ1n) is 9.81. The first-order valence-corrected chi connectivity index (χ1v) is 9.81. The number of hydrogen-bond donors (Lipinski definition) is 2. The lowest BCUT2D eigenvalue weighted by Crippen LogP contribution is -2.33. The summed E-state index contributed by atoms with van der Waals surface area (Å²) in [5, 5.41) is 12.4. The number of nitrogens with one attached hydrogen (secondary N) is 1. The molecule has 1 saturated heterocycles. The Bertz CT molecular complexity index is 1040. The van der Waals surface area contributed by atoms with E-state index in [-0.39, 0.29) is 6.04 Å². The van der Waals surface area contributed by atoms with Gasteiger partial charge in [-0.3, -0.25) is 0 Å². The smallest absolute Gasteiger partial charge is 0.231 e. The lowest BCUT2D eigenvalue weighted by atomic mass is 10.1. The maximum Gasteiger partial charge on any atom is 0.231 e. The summed E-state index contributed by atoms with van der Waals surface area (Å²) in [6.45, 7) is 2.45. The zero-order valence-corrected chi connectivity index (χ0v) is 16.8. The van der Waals surface area contributed by atoms with Gasteiger partial charge in [0.05, 0.1) is 19.0 Å². The number of ether oxygens (including phenoxy) is 2. The van der Waals surface area contributed by atoms with Gasteiger partial charge in [-0.1, -0.05) is 0 Å². The Labute approximate surface area is 174 Å². The topological polar surface area (TPSA) is 127 Å². The summed E-state index contributed by atoms with van der Waals surface area (Å²) in [7, 11) is 1.64. The molecule has 2 aromatic heterocycles. The number of piperidine rings is 1. The van der Waals surface area contributed by atoms with Crippen LogP contribution in [0.25, 0.3) is 11.2 Å². The number of nitrogens with two attached hydrogens (primary N) is 1. The monoisotopic (exact) mass is 408 g/mol. The van der Waals surface area contributed by atoms with Crippen molar-refractivity contribution in [1.82, 2.24) is 24.4 Å². The van der Waals surface area contributed by atoms with Crippen molar-refractivity contribution < 1.29 is 9.47 Å². The van der Waals surface area contributed by atoms with Gasteiger partial charge in [0, 0.05) is 25.9 Å². The Morgan fingerprint density at radius 3 is 2.87 bits per heavy atom. The van der Waals surface area contributed by atoms with E-state index in [0.29, 0.717) is 42.7 Å². The Balaban J connectivity index is 1.54. The molecule has 3 aromatic rings. The number of fused-ring (bicyclic) bond motifs is 1. The molecule has 0 radical (unpaired) electrons. The van der Waals surface area contributed by atoms with E-state index in [1.165, 1.54) is 0 Å². The largest absolute Gasteiger partial charge is 0.491 e. The van der Waals surface area contributed by atoms with Gasteiger partial charge in [0.15, 0.2) is 17.7 Å². The highest BCUT2D eigenvalue weighted by atomic mass is 16.5. The number of nitriles is 1. The highest BCUT2D eigenvalue weighted by molar-refractivity contribution is 5.83. The van der Waals surface area contributed by atoms with Crippen molar-refractivity contribution in [1.29, 1.82) is 5.26 Å². The molecule has 156 valence electrons. The molecule has 0 bridgehead atoms. The van der Waals surface area contributed by atoms with E-state index in [9.17, 15) is 5.26 Å². The van der Waals surface area contributed by atoms with E-state index in [0.717, 1.165) is 30.8 Å². The van der Waals surface area contributed by atoms with Gasteiger partial charge in [-0.25, -0.2) is 4.98 Å². The number of hydrogen-bond acceptors (Lipinski definition) is 9. The zero-order chi connectivity index (χ0) is 20.9. The number of aromatic nitrogens is 4. The second-order valence-electron chi connectivity index (χ2n) is 7.09. The Morgan fingerprint density at radius 2 is 2.10 bits per heavy atom. The molecule has 4 rings (SSSR count). The Hall–Kier alpha value is -3.58. The highest BCUT2D eigenvalue weighted by Crippen LogP contribution is 2.27. The fourth-order valence-electron chi connectivity index (χ4n) is 3.54. The molecule has 1 aliphatic rings. The van der Waals surface area contributed by atoms with Gasteiger partial charge in [-0.15, -0.1) is 0 Å². The number of methoxy groups -OCH3 is 1. The molecule has 30 heavy (non-hydrogen) atoms. The SMILES string of the molecule is COCCOc1ccc(Nc2nc(N)c3ncn([C@H]4CCCN(C#N)C4)c3n2)cc1. The molecule has 0 amide bonds. The van der Waals surface area contributed by atoms with Crippen molar-refractivity contribution in [3.05, 3.63) is 30.6 Å². The number of nitrogen functional groups attached to an aromatic ring is 1. The van der Waals surface area contributed by atoms with Crippen LogP contribution in [0.5, 0.6) is 5.75 Å². The fourth-order valence-corrected chi connectivity index (χ4v) is 3.54. The number of anilines is 3. The summed E-state index contributed by atoms with van der Waals surface area (Å²) in [5.41, 5.74) is 8.18. The summed E-state index contributed by atoms with van der Waals surface area (Å²) in [5.74, 6) is 1.46. The molecule has 0 spiro atoms. The lowest BCUT2D eigenvalue weighted by Gasteiger charge is -2.29. The third kappa shape index (κ3) is 4.21. The number of nitrogens with zero attached hydrogens (tertiary/aromatic N) is 6. The molecule has 1 atom stereocenters. The van der Waals surface area contributed by atoms with E-state index in [2.05, 4.69) is 26.5 Å². The molecule has 1 fully saturated rings. The summed E-state index contributed by atoms with van der Waals surface area (Å²) in [4.78, 5) is 15.1. The van der Waals surface area contributed by atoms with Crippen LogP contribution < -0.4 is 15.8 Å². The Morgan fingerprint density at radius 1 is 1.27 bits per heavy atom. The molecule has 1 aromatic carbocycles. The summed E-state index contributed by atoms with van der Waals surface area (Å²) >= 11 is 0. The van der Waals surface area contributed by atoms with E-state index in [4.69, 9.17) is 15.2 Å². The minimum Gasteiger partial charge on any atom is -0.491 e. The molecule has 1 aliphatic heterocycles. The first-order chi connectivity index (χ1) is 14.7. The predicted octanol–water partition coefficient (Wildman–Crippen LogP) is 2.30. The number of rotatable bonds is 7. The lowest BCUT2D eigenvalue weighted by molar-refractivity contribution is 0.146. The van der Waals surface area contributed by atoms with Gasteiger partial charge in [0.2, 0.25) is 5.95 Å². The summed E-state index contributed by atoms with van der Waals surface area (Å²) in [6, 6.07) is 7.62. The van der Waals surface area contributed by atoms with E-state index in [1.807, 2.05) is 28.8 Å². The molecule has 0 unspecified atom stereocenters. The Kier molecular flexibility index (Phi) is 5.81. The summed E-state index contributed by atoms with van der Waals surface area (Å²) in [6.07, 6.45) is 5.87. The highest BCUT2D eigenvalue weighted by Gasteiger charge is 2.23. The van der Waals surface area contributed by atoms with Crippen LogP contribution in [0, 0.1) is 11.5 Å². The second-order valence-corrected chi connectivity index (χ2v) is 7.09. The van der Waals surface area contributed by atoms with Gasteiger partial charge >= 0.3 is 0 Å². The molecule has 10 nitrogen and oxygen atoms in total. The van der Waals surface area contributed by atoms with Crippen molar-refractivity contribution in [2.75, 3.05) is 44.5 Å². The molecular formula is C20H24N8O2. The molecule has 3 N–H and O–H groups in total. The van der Waals surface area contributed by atoms with Crippen LogP contribution in [0.1, 0.15) is 18.9 Å². The quantitative estimate of drug-likeness (QED) is 0.447. The van der Waals surface area contributed by atoms with Gasteiger partial charge in [-0.2, -0.15) is 15.2 Å². The van der Waals surface area contributed by atoms with Gasteiger partial charge in [0.1, 0.15) is 17.9 Å². The standard InChI is InChI=1S/C20H24N8O2/c1-29-9-10-30-16-6-4-14(5-7-16)24-20-25-18(22)17-19(26-20)28(13-23-17)15-3-2-8-27(11-15)12-21/h4-7,13,15H,2-3,8-11H2,1H3,(H3,22,24,25,26)/t15-/m0/s1. The molecule has 0 saturated carbocycles. The van der Waals surface area contributed by atoms with Crippen molar-refractivity contribution in [3.8, 4) is 11.9 Å². The summed E-state index contributed by atoms with van der Waals surface area (Å²) < 4.78 is 12.6. The van der Waals surface area contributed by atoms with Crippen molar-refractivity contribution in [2.24, 2.45) is 0 Å². The van der Waals surface area contributed by atoms with Crippen LogP contribution >= 0.6 is 0 Å². The fraction of sp³-hybridized carbons (Fsp3) is 0.400. The molecule has 0 aliphatic carbocycles. The van der Waals surface area contributed by atoms with Crippen molar-refractivity contribution in [3.63, 3.8) is 0 Å². The van der Waals surface area contributed by atoms with Crippen LogP contribution in [0.2, 0.25) is 0 Å². The van der Waals surface area contributed by atoms with Crippen molar-refractivity contribution in [2.45, 2.75) is 18.9 Å². The zero-order valence-electron chi connectivity index (χ0n) is 16.8. The normalized spacial score (nSPS) is 16.4. The average molecular weight is 408 g/mol. The van der Waals surface area contributed by atoms with E-state index in [1.54, 1.807) is 18.3 Å². The van der Waals surface area contributed by atoms with Gasteiger partial charge in [-0.05, 0) is 37.1 Å². The van der Waals surface area contributed by atoms with E-state index < -0.39 is 0 Å². The van der Waals surface area contributed by atoms with Crippen LogP contribution in [-0.2, 0) is 4.74 Å². The second kappa shape index (κ2) is 8.84. The molecular weight excluding hydrogens is 384 g/mol. The van der Waals surface area contributed by atoms with Gasteiger partial charge < -0.3 is 30.0 Å². The third-order valence-electron chi connectivity index (χ3n) is 5.05. The van der Waals surface area contributed by atoms with E-state index >= 15 is 0 Å². The maximum absolute atomic E-state index is 9.23. The van der Waals surface area contributed by atoms with Gasteiger partial charge in [0.25, 0.3) is 0 Å².